The van der Waals surface area contributed by atoms with Gasteiger partial charge in [0.2, 0.25) is 0 Å². The average molecular weight is 525 g/mol. The minimum absolute atomic E-state index is 0. The van der Waals surface area contributed by atoms with Crippen LogP contribution in [0.4, 0.5) is 0 Å². The third-order valence-corrected chi connectivity index (χ3v) is 8.01. The van der Waals surface area contributed by atoms with Crippen molar-refractivity contribution in [3.05, 3.63) is 35.9 Å². The van der Waals surface area contributed by atoms with E-state index in [0.29, 0.717) is 19.7 Å². The maximum atomic E-state index is 10.4. The molecular weight excluding hydrogens is 468 g/mol. The number of halogens is 1. The van der Waals surface area contributed by atoms with Crippen LogP contribution in [0.2, 0.25) is 0 Å². The number of benzene rings is 1. The largest absolute Gasteiger partial charge is 0.389 e. The van der Waals surface area contributed by atoms with Gasteiger partial charge in [-0.1, -0.05) is 121 Å². The van der Waals surface area contributed by atoms with Crippen LogP contribution in [0.3, 0.4) is 0 Å². The molecule has 1 aliphatic heterocycles. The SMILES string of the molecule is CCCCCCCCCCCCCCCCOCC(O)CN1CCC(CN)(c2ccccc2)CC1.Cl. The number of nitrogens with two attached hydrogens (primary N) is 1. The summed E-state index contributed by atoms with van der Waals surface area (Å²) in [6.07, 6.45) is 20.9. The number of β-amino-alcohol motifs (C(OH)–C–C–N with tert-alkyl or cyclic N) is 1. The molecule has 3 N–H and O–H groups in total. The lowest BCUT2D eigenvalue weighted by Crippen LogP contribution is -2.48. The Hall–Kier alpha value is -0.650. The summed E-state index contributed by atoms with van der Waals surface area (Å²) >= 11 is 0. The molecule has 0 radical (unpaired) electrons. The Balaban J connectivity index is 0.00000648. The van der Waals surface area contributed by atoms with Gasteiger partial charge in [0.15, 0.2) is 0 Å². The van der Waals surface area contributed by atoms with Crippen LogP contribution in [0.15, 0.2) is 30.3 Å². The second kappa shape index (κ2) is 21.3. The van der Waals surface area contributed by atoms with E-state index < -0.39 is 6.10 Å². The van der Waals surface area contributed by atoms with Crippen LogP contribution >= 0.6 is 12.4 Å². The first-order valence-corrected chi connectivity index (χ1v) is 14.9. The normalized spacial score (nSPS) is 16.5. The zero-order chi connectivity index (χ0) is 25.0. The highest BCUT2D eigenvalue weighted by Gasteiger charge is 2.35. The first-order chi connectivity index (χ1) is 17.2. The molecule has 4 nitrogen and oxygen atoms in total. The Labute approximate surface area is 229 Å². The Bertz CT molecular complexity index is 608. The summed E-state index contributed by atoms with van der Waals surface area (Å²) in [5.41, 5.74) is 7.65. The molecule has 0 spiro atoms. The summed E-state index contributed by atoms with van der Waals surface area (Å²) < 4.78 is 5.78. The van der Waals surface area contributed by atoms with Gasteiger partial charge in [0.25, 0.3) is 0 Å². The number of ether oxygens (including phenoxy) is 1. The highest BCUT2D eigenvalue weighted by molar-refractivity contribution is 5.85. The van der Waals surface area contributed by atoms with E-state index in [1.165, 1.54) is 89.0 Å². The van der Waals surface area contributed by atoms with Crippen LogP contribution in [0.25, 0.3) is 0 Å². The van der Waals surface area contributed by atoms with Crippen molar-refractivity contribution in [2.24, 2.45) is 5.73 Å². The Morgan fingerprint density at radius 3 is 1.83 bits per heavy atom. The van der Waals surface area contributed by atoms with Gasteiger partial charge in [0.05, 0.1) is 12.7 Å². The first kappa shape index (κ1) is 33.4. The topological polar surface area (TPSA) is 58.7 Å². The molecule has 1 saturated heterocycles. The molecule has 1 aliphatic rings. The molecule has 5 heteroatoms. The number of rotatable bonds is 21. The van der Waals surface area contributed by atoms with Crippen molar-refractivity contribution in [1.29, 1.82) is 0 Å². The fourth-order valence-corrected chi connectivity index (χ4v) is 5.53. The van der Waals surface area contributed by atoms with Crippen LogP contribution in [-0.2, 0) is 10.2 Å². The van der Waals surface area contributed by atoms with Gasteiger partial charge in [-0.05, 0) is 37.9 Å². The quantitative estimate of drug-likeness (QED) is 0.166. The molecule has 210 valence electrons. The second-order valence-corrected chi connectivity index (χ2v) is 11.0. The third kappa shape index (κ3) is 13.8. The van der Waals surface area contributed by atoms with E-state index in [9.17, 15) is 5.11 Å². The van der Waals surface area contributed by atoms with E-state index in [1.54, 1.807) is 0 Å². The third-order valence-electron chi connectivity index (χ3n) is 8.01. The predicted molar refractivity (Wildman–Crippen MR) is 157 cm³/mol. The molecule has 0 saturated carbocycles. The lowest BCUT2D eigenvalue weighted by atomic mass is 9.73. The summed E-state index contributed by atoms with van der Waals surface area (Å²) in [4.78, 5) is 2.37. The Kier molecular flexibility index (Phi) is 19.8. The van der Waals surface area contributed by atoms with Gasteiger partial charge in [0.1, 0.15) is 0 Å². The number of unbranched alkanes of at least 4 members (excludes halogenated alkanes) is 13. The van der Waals surface area contributed by atoms with Crippen molar-refractivity contribution in [2.75, 3.05) is 39.4 Å². The highest BCUT2D eigenvalue weighted by atomic mass is 35.5. The number of aliphatic hydroxyl groups is 1. The zero-order valence-corrected chi connectivity index (χ0v) is 24.1. The molecule has 0 aromatic heterocycles. The van der Waals surface area contributed by atoms with E-state index in [0.717, 1.165) is 39.0 Å². The lowest BCUT2D eigenvalue weighted by Gasteiger charge is -2.42. The van der Waals surface area contributed by atoms with Gasteiger partial charge in [-0.2, -0.15) is 0 Å². The number of nitrogens with zero attached hydrogens (tertiary/aromatic N) is 1. The van der Waals surface area contributed by atoms with Crippen LogP contribution in [0.1, 0.15) is 115 Å². The average Bonchev–Trinajstić information content (AvgIpc) is 2.89. The number of hydrogen-bond donors (Lipinski definition) is 2. The second-order valence-electron chi connectivity index (χ2n) is 11.0. The lowest BCUT2D eigenvalue weighted by molar-refractivity contribution is 0.00805. The number of piperidine rings is 1. The van der Waals surface area contributed by atoms with Crippen molar-refractivity contribution in [2.45, 2.75) is 121 Å². The maximum absolute atomic E-state index is 10.4. The molecule has 1 heterocycles. The summed E-state index contributed by atoms with van der Waals surface area (Å²) in [7, 11) is 0. The van der Waals surface area contributed by atoms with Gasteiger partial charge in [-0.3, -0.25) is 0 Å². The first-order valence-electron chi connectivity index (χ1n) is 14.9. The standard InChI is InChI=1S/C31H56N2O2.ClH/c1-2-3-4-5-6-7-8-9-10-11-12-13-14-18-25-35-27-30(34)26-33-23-21-31(28-32,22-24-33)29-19-16-15-17-20-29;/h15-17,19-20,30,34H,2-14,18,21-28,32H2,1H3;1H. The number of likely N-dealkylation sites (tertiary alicyclic amines) is 1. The number of aliphatic hydroxyl groups excluding tert-OH is 1. The van der Waals surface area contributed by atoms with Crippen LogP contribution in [-0.4, -0.2) is 55.5 Å². The van der Waals surface area contributed by atoms with E-state index in [2.05, 4.69) is 42.2 Å². The minimum atomic E-state index is -0.399. The zero-order valence-electron chi connectivity index (χ0n) is 23.3. The molecule has 2 rings (SSSR count). The van der Waals surface area contributed by atoms with Crippen molar-refractivity contribution in [1.82, 2.24) is 4.90 Å². The van der Waals surface area contributed by atoms with E-state index in [1.807, 2.05) is 0 Å². The predicted octanol–water partition coefficient (Wildman–Crippen LogP) is 7.26. The minimum Gasteiger partial charge on any atom is -0.389 e. The molecule has 0 bridgehead atoms. The molecule has 1 atom stereocenters. The molecule has 1 aromatic rings. The van der Waals surface area contributed by atoms with E-state index in [4.69, 9.17) is 10.5 Å². The van der Waals surface area contributed by atoms with Crippen LogP contribution < -0.4 is 5.73 Å². The van der Waals surface area contributed by atoms with Gasteiger partial charge in [0, 0.05) is 25.1 Å². The smallest absolute Gasteiger partial charge is 0.0900 e. The van der Waals surface area contributed by atoms with E-state index >= 15 is 0 Å². The van der Waals surface area contributed by atoms with Crippen LogP contribution in [0.5, 0.6) is 0 Å². The Morgan fingerprint density at radius 1 is 0.833 bits per heavy atom. The fourth-order valence-electron chi connectivity index (χ4n) is 5.53. The maximum Gasteiger partial charge on any atom is 0.0900 e. The molecule has 0 amide bonds. The number of hydrogen-bond acceptors (Lipinski definition) is 4. The van der Waals surface area contributed by atoms with Crippen molar-refractivity contribution in [3.8, 4) is 0 Å². The van der Waals surface area contributed by atoms with Crippen molar-refractivity contribution in [3.63, 3.8) is 0 Å². The van der Waals surface area contributed by atoms with Crippen molar-refractivity contribution < 1.29 is 9.84 Å². The monoisotopic (exact) mass is 524 g/mol. The van der Waals surface area contributed by atoms with Crippen LogP contribution in [0, 0.1) is 0 Å². The summed E-state index contributed by atoms with van der Waals surface area (Å²) in [5, 5.41) is 10.4. The summed E-state index contributed by atoms with van der Waals surface area (Å²) in [6, 6.07) is 10.7. The molecule has 1 unspecified atom stereocenters. The van der Waals surface area contributed by atoms with Gasteiger partial charge in [-0.25, -0.2) is 0 Å². The van der Waals surface area contributed by atoms with Gasteiger partial charge >= 0.3 is 0 Å². The molecule has 1 aromatic carbocycles. The van der Waals surface area contributed by atoms with Gasteiger partial charge < -0.3 is 20.5 Å². The summed E-state index contributed by atoms with van der Waals surface area (Å²) in [5.74, 6) is 0. The summed E-state index contributed by atoms with van der Waals surface area (Å²) in [6.45, 7) is 6.89. The van der Waals surface area contributed by atoms with Gasteiger partial charge in [-0.15, -0.1) is 12.4 Å². The molecule has 1 fully saturated rings. The Morgan fingerprint density at radius 2 is 1.33 bits per heavy atom. The fraction of sp³-hybridized carbons (Fsp3) is 0.806. The molecular formula is C31H57ClN2O2. The van der Waals surface area contributed by atoms with E-state index in [-0.39, 0.29) is 17.8 Å². The molecule has 0 aliphatic carbocycles. The van der Waals surface area contributed by atoms with Crippen molar-refractivity contribution >= 4 is 12.4 Å². The molecule has 36 heavy (non-hydrogen) atoms. The highest BCUT2D eigenvalue weighted by Crippen LogP contribution is 2.34.